The molecule has 0 N–H and O–H groups in total. The van der Waals surface area contributed by atoms with E-state index in [1.54, 1.807) is 29.5 Å². The summed E-state index contributed by atoms with van der Waals surface area (Å²) in [4.78, 5) is 18.0. The van der Waals surface area contributed by atoms with Crippen molar-refractivity contribution in [1.82, 2.24) is 4.57 Å². The van der Waals surface area contributed by atoms with Crippen LogP contribution in [-0.4, -0.2) is 23.7 Å². The van der Waals surface area contributed by atoms with Crippen molar-refractivity contribution in [2.24, 2.45) is 4.99 Å². The Bertz CT molecular complexity index is 1090. The van der Waals surface area contributed by atoms with Crippen LogP contribution in [0.1, 0.15) is 34.8 Å². The van der Waals surface area contributed by atoms with E-state index in [-0.39, 0.29) is 5.91 Å². The highest BCUT2D eigenvalue weighted by molar-refractivity contribution is 7.16. The number of ether oxygens (including phenoxy) is 2. The molecular weight excluding hydrogens is 360 g/mol. The van der Waals surface area contributed by atoms with Gasteiger partial charge in [0.2, 0.25) is 0 Å². The summed E-state index contributed by atoms with van der Waals surface area (Å²) >= 11 is 1.56. The normalized spacial score (nSPS) is 14.0. The van der Waals surface area contributed by atoms with Gasteiger partial charge in [-0.1, -0.05) is 18.3 Å². The summed E-state index contributed by atoms with van der Waals surface area (Å²) < 4.78 is 14.4. The van der Waals surface area contributed by atoms with E-state index in [0.29, 0.717) is 30.3 Å². The number of hydrogen-bond donors (Lipinski definition) is 0. The second-order valence-electron chi connectivity index (χ2n) is 6.72. The van der Waals surface area contributed by atoms with Crippen molar-refractivity contribution in [3.05, 3.63) is 51.8 Å². The molecule has 1 amide bonds. The smallest absolute Gasteiger partial charge is 0.279 e. The highest BCUT2D eigenvalue weighted by Gasteiger charge is 2.15. The molecule has 0 fully saturated rings. The minimum atomic E-state index is -0.267. The van der Waals surface area contributed by atoms with Gasteiger partial charge in [-0.25, -0.2) is 0 Å². The first-order valence-corrected chi connectivity index (χ1v) is 9.97. The van der Waals surface area contributed by atoms with E-state index in [9.17, 15) is 4.79 Å². The number of aromatic nitrogens is 1. The number of carbonyl (C=O) groups is 1. The summed E-state index contributed by atoms with van der Waals surface area (Å²) in [7, 11) is 0. The van der Waals surface area contributed by atoms with Gasteiger partial charge in [-0.3, -0.25) is 4.79 Å². The van der Waals surface area contributed by atoms with E-state index in [4.69, 9.17) is 9.47 Å². The van der Waals surface area contributed by atoms with Gasteiger partial charge in [0.25, 0.3) is 5.91 Å². The average molecular weight is 382 g/mol. The van der Waals surface area contributed by atoms with Crippen LogP contribution in [0.5, 0.6) is 11.5 Å². The zero-order valence-electron chi connectivity index (χ0n) is 15.7. The molecule has 4 rings (SSSR count). The zero-order valence-corrected chi connectivity index (χ0v) is 16.6. The van der Waals surface area contributed by atoms with Crippen LogP contribution in [0.15, 0.2) is 35.3 Å². The van der Waals surface area contributed by atoms with Crippen LogP contribution in [-0.2, 0) is 6.54 Å². The van der Waals surface area contributed by atoms with Gasteiger partial charge in [0.15, 0.2) is 16.3 Å². The second kappa shape index (κ2) is 7.19. The molecular formula is C21H22N2O3S. The van der Waals surface area contributed by atoms with E-state index in [2.05, 4.69) is 42.5 Å². The minimum absolute atomic E-state index is 0.267. The number of aryl methyl sites for hydroxylation is 3. The maximum Gasteiger partial charge on any atom is 0.279 e. The first kappa shape index (κ1) is 17.8. The second-order valence-corrected chi connectivity index (χ2v) is 7.72. The third-order valence-corrected chi connectivity index (χ3v) is 5.77. The SMILES string of the molecule is CCCn1c(=NC(=O)c2ccc3c(c2)OCCO3)sc2cc(C)c(C)cc21. The van der Waals surface area contributed by atoms with Crippen molar-refractivity contribution in [3.63, 3.8) is 0 Å². The molecule has 0 bridgehead atoms. The number of fused-ring (bicyclic) bond motifs is 2. The first-order chi connectivity index (χ1) is 13.1. The maximum absolute atomic E-state index is 12.8. The van der Waals surface area contributed by atoms with Crippen molar-refractivity contribution in [2.75, 3.05) is 13.2 Å². The standard InChI is InChI=1S/C21H22N2O3S/c1-4-7-23-16-10-13(2)14(3)11-19(16)27-21(23)22-20(24)15-5-6-17-18(12-15)26-9-8-25-17/h5-6,10-12H,4,7-9H2,1-3H3. The molecule has 2 heterocycles. The molecule has 0 spiro atoms. The molecule has 1 aliphatic heterocycles. The molecule has 27 heavy (non-hydrogen) atoms. The van der Waals surface area contributed by atoms with Crippen LogP contribution in [0.25, 0.3) is 10.2 Å². The van der Waals surface area contributed by atoms with Gasteiger partial charge < -0.3 is 14.0 Å². The summed E-state index contributed by atoms with van der Waals surface area (Å²) in [5.74, 6) is 1.01. The molecule has 0 radical (unpaired) electrons. The first-order valence-electron chi connectivity index (χ1n) is 9.16. The van der Waals surface area contributed by atoms with Crippen LogP contribution in [0.3, 0.4) is 0 Å². The number of nitrogens with zero attached hydrogens (tertiary/aromatic N) is 2. The molecule has 2 aromatic carbocycles. The van der Waals surface area contributed by atoms with Crippen molar-refractivity contribution < 1.29 is 14.3 Å². The van der Waals surface area contributed by atoms with Crippen molar-refractivity contribution in [3.8, 4) is 11.5 Å². The van der Waals surface area contributed by atoms with E-state index in [0.717, 1.165) is 28.0 Å². The number of benzene rings is 2. The van der Waals surface area contributed by atoms with E-state index in [1.165, 1.54) is 11.1 Å². The predicted octanol–water partition coefficient (Wildman–Crippen LogP) is 4.24. The highest BCUT2D eigenvalue weighted by atomic mass is 32.1. The Balaban J connectivity index is 1.79. The number of amides is 1. The molecule has 0 saturated heterocycles. The number of hydrogen-bond acceptors (Lipinski definition) is 4. The Morgan fingerprint density at radius 3 is 2.63 bits per heavy atom. The lowest BCUT2D eigenvalue weighted by Crippen LogP contribution is -2.18. The number of rotatable bonds is 3. The van der Waals surface area contributed by atoms with Crippen LogP contribution in [0.2, 0.25) is 0 Å². The van der Waals surface area contributed by atoms with E-state index >= 15 is 0 Å². The van der Waals surface area contributed by atoms with Gasteiger partial charge in [-0.15, -0.1) is 0 Å². The van der Waals surface area contributed by atoms with Crippen LogP contribution < -0.4 is 14.3 Å². The van der Waals surface area contributed by atoms with Crippen molar-refractivity contribution in [1.29, 1.82) is 0 Å². The summed E-state index contributed by atoms with van der Waals surface area (Å²) in [6.07, 6.45) is 0.976. The average Bonchev–Trinajstić information content (AvgIpc) is 2.98. The summed E-state index contributed by atoms with van der Waals surface area (Å²) in [6, 6.07) is 9.59. The van der Waals surface area contributed by atoms with E-state index < -0.39 is 0 Å². The van der Waals surface area contributed by atoms with E-state index in [1.807, 2.05) is 0 Å². The summed E-state index contributed by atoms with van der Waals surface area (Å²) in [5.41, 5.74) is 4.14. The molecule has 1 aromatic heterocycles. The highest BCUT2D eigenvalue weighted by Crippen LogP contribution is 2.31. The largest absolute Gasteiger partial charge is 0.486 e. The molecule has 0 saturated carbocycles. The Labute approximate surface area is 161 Å². The number of carbonyl (C=O) groups excluding carboxylic acids is 1. The Morgan fingerprint density at radius 1 is 1.11 bits per heavy atom. The van der Waals surface area contributed by atoms with Gasteiger partial charge in [-0.2, -0.15) is 4.99 Å². The van der Waals surface area contributed by atoms with Gasteiger partial charge in [0.05, 0.1) is 10.2 Å². The lowest BCUT2D eigenvalue weighted by atomic mass is 10.1. The summed E-state index contributed by atoms with van der Waals surface area (Å²) in [6.45, 7) is 8.20. The van der Waals surface area contributed by atoms with Crippen LogP contribution >= 0.6 is 11.3 Å². The maximum atomic E-state index is 12.8. The lowest BCUT2D eigenvalue weighted by molar-refractivity contribution is 0.0996. The molecule has 1 aliphatic rings. The fourth-order valence-corrected chi connectivity index (χ4v) is 4.31. The van der Waals surface area contributed by atoms with Crippen LogP contribution in [0.4, 0.5) is 0 Å². The van der Waals surface area contributed by atoms with Crippen molar-refractivity contribution >= 4 is 27.5 Å². The number of thiazole rings is 1. The Hall–Kier alpha value is -2.60. The predicted molar refractivity (Wildman–Crippen MR) is 107 cm³/mol. The Morgan fingerprint density at radius 2 is 1.85 bits per heavy atom. The minimum Gasteiger partial charge on any atom is -0.486 e. The fraction of sp³-hybridized carbons (Fsp3) is 0.333. The zero-order chi connectivity index (χ0) is 19.0. The monoisotopic (exact) mass is 382 g/mol. The van der Waals surface area contributed by atoms with Gasteiger partial charge >= 0.3 is 0 Å². The van der Waals surface area contributed by atoms with Crippen molar-refractivity contribution in [2.45, 2.75) is 33.7 Å². The Kier molecular flexibility index (Phi) is 4.74. The van der Waals surface area contributed by atoms with Gasteiger partial charge in [-0.05, 0) is 61.7 Å². The molecule has 0 aliphatic carbocycles. The summed E-state index contributed by atoms with van der Waals surface area (Å²) in [5, 5.41) is 0. The molecule has 0 atom stereocenters. The third kappa shape index (κ3) is 3.37. The van der Waals surface area contributed by atoms with Crippen LogP contribution in [0, 0.1) is 13.8 Å². The van der Waals surface area contributed by atoms with Gasteiger partial charge in [0.1, 0.15) is 13.2 Å². The third-order valence-electron chi connectivity index (χ3n) is 4.73. The molecule has 3 aromatic rings. The topological polar surface area (TPSA) is 52.8 Å². The lowest BCUT2D eigenvalue weighted by Gasteiger charge is -2.18. The molecule has 6 heteroatoms. The molecule has 0 unspecified atom stereocenters. The quantitative estimate of drug-likeness (QED) is 0.681. The van der Waals surface area contributed by atoms with Gasteiger partial charge in [0, 0.05) is 12.1 Å². The molecule has 5 nitrogen and oxygen atoms in total. The molecule has 140 valence electrons. The fourth-order valence-electron chi connectivity index (χ4n) is 3.17.